The molecular formula is C24H30N2O4S. The van der Waals surface area contributed by atoms with Crippen LogP contribution in [0.3, 0.4) is 0 Å². The highest BCUT2D eigenvalue weighted by atomic mass is 32.2. The Hall–Kier alpha value is -2.54. The van der Waals surface area contributed by atoms with Crippen LogP contribution in [0.25, 0.3) is 0 Å². The van der Waals surface area contributed by atoms with Crippen molar-refractivity contribution in [3.05, 3.63) is 53.6 Å². The molecule has 0 aromatic heterocycles. The van der Waals surface area contributed by atoms with Gasteiger partial charge in [-0.2, -0.15) is 0 Å². The number of ether oxygens (including phenoxy) is 1. The van der Waals surface area contributed by atoms with Gasteiger partial charge < -0.3 is 9.64 Å². The zero-order valence-corrected chi connectivity index (χ0v) is 19.2. The molecule has 7 heteroatoms. The van der Waals surface area contributed by atoms with Crippen molar-refractivity contribution >= 4 is 21.6 Å². The van der Waals surface area contributed by atoms with Gasteiger partial charge >= 0.3 is 0 Å². The Morgan fingerprint density at radius 3 is 2.52 bits per heavy atom. The monoisotopic (exact) mass is 442 g/mol. The van der Waals surface area contributed by atoms with Crippen molar-refractivity contribution in [2.45, 2.75) is 62.9 Å². The summed E-state index contributed by atoms with van der Waals surface area (Å²) < 4.78 is 33.9. The second kappa shape index (κ2) is 8.54. The maximum atomic E-state index is 13.6. The molecule has 0 saturated heterocycles. The summed E-state index contributed by atoms with van der Waals surface area (Å²) in [5.41, 5.74) is 2.03. The van der Waals surface area contributed by atoms with E-state index in [2.05, 4.69) is 0 Å². The van der Waals surface area contributed by atoms with Gasteiger partial charge in [0.25, 0.3) is 15.9 Å². The van der Waals surface area contributed by atoms with E-state index >= 15 is 0 Å². The quantitative estimate of drug-likeness (QED) is 0.671. The van der Waals surface area contributed by atoms with Crippen LogP contribution in [0.5, 0.6) is 5.75 Å². The van der Waals surface area contributed by atoms with E-state index in [4.69, 9.17) is 4.74 Å². The largest absolute Gasteiger partial charge is 0.496 e. The molecular weight excluding hydrogens is 412 g/mol. The zero-order chi connectivity index (χ0) is 22.2. The van der Waals surface area contributed by atoms with Crippen molar-refractivity contribution in [1.29, 1.82) is 0 Å². The third kappa shape index (κ3) is 3.91. The number of hydrogen-bond acceptors (Lipinski definition) is 4. The molecule has 1 saturated carbocycles. The fraction of sp³-hybridized carbons (Fsp3) is 0.458. The van der Waals surface area contributed by atoms with Crippen molar-refractivity contribution in [3.63, 3.8) is 0 Å². The van der Waals surface area contributed by atoms with E-state index in [1.165, 1.54) is 23.5 Å². The number of sulfonamides is 1. The summed E-state index contributed by atoms with van der Waals surface area (Å²) in [6.07, 6.45) is 4.87. The number of fused-ring (bicyclic) bond motifs is 1. The highest BCUT2D eigenvalue weighted by Gasteiger charge is 2.34. The van der Waals surface area contributed by atoms with Gasteiger partial charge in [-0.05, 0) is 62.9 Å². The Balaban J connectivity index is 1.73. The smallest absolute Gasteiger partial charge is 0.264 e. The Labute approximate surface area is 184 Å². The normalized spacial score (nSPS) is 16.6. The minimum absolute atomic E-state index is 0.0195. The number of hydrogen-bond donors (Lipinski definition) is 0. The van der Waals surface area contributed by atoms with Crippen LogP contribution in [0.1, 0.15) is 55.5 Å². The third-order valence-corrected chi connectivity index (χ3v) is 8.15. The number of rotatable bonds is 6. The van der Waals surface area contributed by atoms with Crippen LogP contribution < -0.4 is 9.04 Å². The molecule has 1 aliphatic heterocycles. The standard InChI is InChI=1S/C24H30N2O4S/c1-17(2)26(19-9-5-6-10-19)24(27)21-16-20(12-13-23(21)30-3)31(28,29)25-15-14-18-8-4-7-11-22(18)25/h4,7-8,11-13,16-17,19H,5-6,9-10,14-15H2,1-3H3. The predicted molar refractivity (Wildman–Crippen MR) is 121 cm³/mol. The zero-order valence-electron chi connectivity index (χ0n) is 18.4. The topological polar surface area (TPSA) is 66.9 Å². The lowest BCUT2D eigenvalue weighted by Crippen LogP contribution is -2.43. The van der Waals surface area contributed by atoms with Crippen LogP contribution in [0.4, 0.5) is 5.69 Å². The molecule has 2 aromatic carbocycles. The molecule has 0 radical (unpaired) electrons. The first kappa shape index (κ1) is 21.7. The molecule has 2 aromatic rings. The van der Waals surface area contributed by atoms with Crippen LogP contribution in [-0.4, -0.2) is 45.0 Å². The average molecular weight is 443 g/mol. The Kier molecular flexibility index (Phi) is 5.97. The highest BCUT2D eigenvalue weighted by molar-refractivity contribution is 7.92. The summed E-state index contributed by atoms with van der Waals surface area (Å²) in [4.78, 5) is 15.6. The predicted octanol–water partition coefficient (Wildman–Crippen LogP) is 4.24. The fourth-order valence-corrected chi connectivity index (χ4v) is 6.37. The van der Waals surface area contributed by atoms with Gasteiger partial charge in [-0.1, -0.05) is 31.0 Å². The molecule has 1 heterocycles. The van der Waals surface area contributed by atoms with Crippen molar-refractivity contribution in [3.8, 4) is 5.75 Å². The maximum absolute atomic E-state index is 13.6. The molecule has 0 N–H and O–H groups in total. The van der Waals surface area contributed by atoms with E-state index in [0.717, 1.165) is 31.2 Å². The molecule has 166 valence electrons. The molecule has 31 heavy (non-hydrogen) atoms. The van der Waals surface area contributed by atoms with Crippen molar-refractivity contribution in [2.24, 2.45) is 0 Å². The SMILES string of the molecule is COc1ccc(S(=O)(=O)N2CCc3ccccc32)cc1C(=O)N(C(C)C)C1CCCC1. The number of nitrogens with zero attached hydrogens (tertiary/aromatic N) is 2. The summed E-state index contributed by atoms with van der Waals surface area (Å²) in [6.45, 7) is 4.41. The Morgan fingerprint density at radius 2 is 1.84 bits per heavy atom. The number of amides is 1. The number of carbonyl (C=O) groups excluding carboxylic acids is 1. The molecule has 1 aliphatic carbocycles. The molecule has 6 nitrogen and oxygen atoms in total. The van der Waals surface area contributed by atoms with E-state index in [-0.39, 0.29) is 22.9 Å². The first-order valence-electron chi connectivity index (χ1n) is 11.0. The van der Waals surface area contributed by atoms with Gasteiger partial charge in [0, 0.05) is 18.6 Å². The summed E-state index contributed by atoms with van der Waals surface area (Å²) in [5, 5.41) is 0. The lowest BCUT2D eigenvalue weighted by atomic mass is 10.1. The Morgan fingerprint density at radius 1 is 1.13 bits per heavy atom. The molecule has 0 atom stereocenters. The number of anilines is 1. The summed E-state index contributed by atoms with van der Waals surface area (Å²) in [6, 6.07) is 12.4. The maximum Gasteiger partial charge on any atom is 0.264 e. The van der Waals surface area contributed by atoms with Crippen molar-refractivity contribution < 1.29 is 17.9 Å². The number of methoxy groups -OCH3 is 1. The van der Waals surface area contributed by atoms with Crippen LogP contribution in [0.15, 0.2) is 47.4 Å². The number of benzene rings is 2. The van der Waals surface area contributed by atoms with Gasteiger partial charge in [0.2, 0.25) is 0 Å². The summed E-state index contributed by atoms with van der Waals surface area (Å²) >= 11 is 0. The van der Waals surface area contributed by atoms with Gasteiger partial charge in [0.1, 0.15) is 5.75 Å². The van der Waals surface area contributed by atoms with Crippen molar-refractivity contribution in [1.82, 2.24) is 4.90 Å². The van der Waals surface area contributed by atoms with Crippen LogP contribution in [0, 0.1) is 0 Å². The minimum Gasteiger partial charge on any atom is -0.496 e. The second-order valence-corrected chi connectivity index (χ2v) is 10.4. The van der Waals surface area contributed by atoms with Crippen molar-refractivity contribution in [2.75, 3.05) is 18.0 Å². The molecule has 1 fully saturated rings. The lowest BCUT2D eigenvalue weighted by molar-refractivity contribution is 0.0609. The number of carbonyl (C=O) groups is 1. The third-order valence-electron chi connectivity index (χ3n) is 6.34. The summed E-state index contributed by atoms with van der Waals surface area (Å²) in [5.74, 6) is 0.229. The number of para-hydroxylation sites is 1. The average Bonchev–Trinajstić information content (AvgIpc) is 3.43. The van der Waals surface area contributed by atoms with E-state index in [1.54, 1.807) is 6.07 Å². The van der Waals surface area contributed by atoms with Gasteiger partial charge in [0.05, 0.1) is 23.3 Å². The van der Waals surface area contributed by atoms with Crippen LogP contribution >= 0.6 is 0 Å². The van der Waals surface area contributed by atoms with E-state index in [9.17, 15) is 13.2 Å². The second-order valence-electron chi connectivity index (χ2n) is 8.56. The van der Waals surface area contributed by atoms with E-state index < -0.39 is 10.0 Å². The molecule has 2 aliphatic rings. The van der Waals surface area contributed by atoms with Gasteiger partial charge in [-0.25, -0.2) is 8.42 Å². The van der Waals surface area contributed by atoms with E-state index in [1.807, 2.05) is 43.0 Å². The first-order valence-corrected chi connectivity index (χ1v) is 12.4. The van der Waals surface area contributed by atoms with Gasteiger partial charge in [0.15, 0.2) is 0 Å². The molecule has 0 bridgehead atoms. The first-order chi connectivity index (χ1) is 14.8. The fourth-order valence-electron chi connectivity index (χ4n) is 4.84. The molecule has 0 unspecified atom stereocenters. The van der Waals surface area contributed by atoms with Crippen LogP contribution in [-0.2, 0) is 16.4 Å². The lowest BCUT2D eigenvalue weighted by Gasteiger charge is -2.33. The Bertz CT molecular complexity index is 1070. The minimum atomic E-state index is -3.79. The van der Waals surface area contributed by atoms with Gasteiger partial charge in [-0.3, -0.25) is 9.10 Å². The summed E-state index contributed by atoms with van der Waals surface area (Å²) in [7, 11) is -2.28. The molecule has 1 amide bonds. The van der Waals surface area contributed by atoms with Crippen LogP contribution in [0.2, 0.25) is 0 Å². The van der Waals surface area contributed by atoms with E-state index in [0.29, 0.717) is 30.0 Å². The molecule has 4 rings (SSSR count). The molecule has 0 spiro atoms. The van der Waals surface area contributed by atoms with Gasteiger partial charge in [-0.15, -0.1) is 0 Å². The highest BCUT2D eigenvalue weighted by Crippen LogP contribution is 2.35.